The van der Waals surface area contributed by atoms with Gasteiger partial charge in [-0.3, -0.25) is 5.10 Å². The molecule has 2 aromatic carbocycles. The number of allylic oxidation sites excluding steroid dienone is 1. The van der Waals surface area contributed by atoms with Crippen molar-refractivity contribution >= 4 is 0 Å². The number of methoxy groups -OCH3 is 1. The van der Waals surface area contributed by atoms with Crippen molar-refractivity contribution in [3.05, 3.63) is 76.7 Å². The van der Waals surface area contributed by atoms with Crippen molar-refractivity contribution in [1.82, 2.24) is 10.2 Å². The first-order valence-electron chi connectivity index (χ1n) is 8.49. The third-order valence-electron chi connectivity index (χ3n) is 4.73. The zero-order valence-electron chi connectivity index (χ0n) is 15.0. The maximum atomic E-state index is 9.73. The second-order valence-corrected chi connectivity index (χ2v) is 6.38. The van der Waals surface area contributed by atoms with Crippen molar-refractivity contribution in [3.8, 4) is 29.0 Å². The fourth-order valence-electron chi connectivity index (χ4n) is 3.32. The number of aromatic nitrogens is 2. The normalized spacial score (nSPS) is 15.7. The Morgan fingerprint density at radius 3 is 2.48 bits per heavy atom. The summed E-state index contributed by atoms with van der Waals surface area (Å²) in [6.07, 6.45) is 0. The van der Waals surface area contributed by atoms with Gasteiger partial charge in [-0.05, 0) is 24.6 Å². The smallest absolute Gasteiger partial charge is 0.244 e. The Kier molecular flexibility index (Phi) is 4.05. The Balaban J connectivity index is 1.90. The Hall–Kier alpha value is -3.72. The lowest BCUT2D eigenvalue weighted by atomic mass is 9.83. The van der Waals surface area contributed by atoms with Crippen molar-refractivity contribution in [2.45, 2.75) is 12.8 Å². The summed E-state index contributed by atoms with van der Waals surface area (Å²) in [4.78, 5) is 0. The van der Waals surface area contributed by atoms with Crippen LogP contribution in [0.4, 0.5) is 0 Å². The maximum absolute atomic E-state index is 9.73. The number of hydrogen-bond donors (Lipinski definition) is 2. The first-order chi connectivity index (χ1) is 13.1. The average Bonchev–Trinajstić information content (AvgIpc) is 3.11. The van der Waals surface area contributed by atoms with Gasteiger partial charge in [-0.25, -0.2) is 0 Å². The third kappa shape index (κ3) is 2.79. The first-order valence-corrected chi connectivity index (χ1v) is 8.49. The molecule has 6 nitrogen and oxygen atoms in total. The van der Waals surface area contributed by atoms with Gasteiger partial charge in [0.05, 0.1) is 24.3 Å². The minimum absolute atomic E-state index is 0.0766. The molecule has 3 N–H and O–H groups in total. The minimum atomic E-state index is -0.375. The SMILES string of the molecule is COc1ccc([C@@H]2C(C#N)=C(N)Oc3n[nH]c(-c4ccc(C)cc4)c32)cc1. The summed E-state index contributed by atoms with van der Waals surface area (Å²) in [7, 11) is 1.62. The number of ether oxygens (including phenoxy) is 2. The molecule has 3 aromatic rings. The molecule has 6 heteroatoms. The molecule has 134 valence electrons. The van der Waals surface area contributed by atoms with Gasteiger partial charge in [0.25, 0.3) is 0 Å². The number of nitrogens with two attached hydrogens (primary N) is 1. The molecule has 0 unspecified atom stereocenters. The van der Waals surface area contributed by atoms with Crippen LogP contribution < -0.4 is 15.2 Å². The van der Waals surface area contributed by atoms with Gasteiger partial charge in [0.2, 0.25) is 11.8 Å². The van der Waals surface area contributed by atoms with Crippen molar-refractivity contribution < 1.29 is 9.47 Å². The molecule has 1 aliphatic heterocycles. The van der Waals surface area contributed by atoms with Gasteiger partial charge in [0, 0.05) is 5.56 Å². The Morgan fingerprint density at radius 1 is 1.15 bits per heavy atom. The summed E-state index contributed by atoms with van der Waals surface area (Å²) >= 11 is 0. The van der Waals surface area contributed by atoms with E-state index in [9.17, 15) is 5.26 Å². The maximum Gasteiger partial charge on any atom is 0.244 e. The molecule has 0 aliphatic carbocycles. The number of hydrogen-bond acceptors (Lipinski definition) is 5. The van der Waals surface area contributed by atoms with Crippen molar-refractivity contribution in [2.24, 2.45) is 5.73 Å². The Bertz CT molecular complexity index is 1060. The zero-order chi connectivity index (χ0) is 19.0. The van der Waals surface area contributed by atoms with Crippen LogP contribution in [0.2, 0.25) is 0 Å². The van der Waals surface area contributed by atoms with Crippen LogP contribution in [0.15, 0.2) is 60.0 Å². The molecule has 2 heterocycles. The molecule has 0 bridgehead atoms. The van der Waals surface area contributed by atoms with Crippen LogP contribution in [-0.4, -0.2) is 17.3 Å². The molecular formula is C21H18N4O2. The summed E-state index contributed by atoms with van der Waals surface area (Å²) in [5.74, 6) is 0.836. The number of rotatable bonds is 3. The van der Waals surface area contributed by atoms with E-state index in [0.717, 1.165) is 33.7 Å². The van der Waals surface area contributed by atoms with Crippen LogP contribution >= 0.6 is 0 Å². The first kappa shape index (κ1) is 16.7. The van der Waals surface area contributed by atoms with Crippen LogP contribution in [0, 0.1) is 18.3 Å². The molecule has 0 saturated carbocycles. The fraction of sp³-hybridized carbons (Fsp3) is 0.143. The van der Waals surface area contributed by atoms with E-state index in [1.807, 2.05) is 55.5 Å². The van der Waals surface area contributed by atoms with Crippen LogP contribution in [0.5, 0.6) is 11.6 Å². The van der Waals surface area contributed by atoms with Crippen LogP contribution in [0.25, 0.3) is 11.3 Å². The number of nitrogens with one attached hydrogen (secondary N) is 1. The fourth-order valence-corrected chi connectivity index (χ4v) is 3.32. The molecule has 0 fully saturated rings. The molecule has 1 atom stereocenters. The quantitative estimate of drug-likeness (QED) is 0.745. The van der Waals surface area contributed by atoms with Crippen molar-refractivity contribution in [1.29, 1.82) is 5.26 Å². The number of benzene rings is 2. The number of aryl methyl sites for hydroxylation is 1. The van der Waals surface area contributed by atoms with Gasteiger partial charge >= 0.3 is 0 Å². The number of H-pyrrole nitrogens is 1. The molecule has 0 saturated heterocycles. The van der Waals surface area contributed by atoms with Crippen LogP contribution in [0.1, 0.15) is 22.6 Å². The van der Waals surface area contributed by atoms with Gasteiger partial charge in [-0.15, -0.1) is 5.10 Å². The molecule has 4 rings (SSSR count). The molecule has 0 spiro atoms. The standard InChI is InChI=1S/C21H18N4O2/c1-12-3-5-14(6-4-12)19-18-17(13-7-9-15(26-2)10-8-13)16(11-22)20(23)27-21(18)25-24-19/h3-10,17H,23H2,1-2H3,(H,24,25)/t17-/m1/s1. The predicted octanol–water partition coefficient (Wildman–Crippen LogP) is 3.61. The van der Waals surface area contributed by atoms with E-state index in [1.165, 1.54) is 0 Å². The zero-order valence-corrected chi connectivity index (χ0v) is 15.0. The van der Waals surface area contributed by atoms with Gasteiger partial charge in [-0.1, -0.05) is 42.0 Å². The highest BCUT2D eigenvalue weighted by molar-refractivity contribution is 5.71. The van der Waals surface area contributed by atoms with Gasteiger partial charge < -0.3 is 15.2 Å². The highest BCUT2D eigenvalue weighted by Crippen LogP contribution is 2.45. The van der Waals surface area contributed by atoms with Crippen molar-refractivity contribution in [3.63, 3.8) is 0 Å². The lowest BCUT2D eigenvalue weighted by Gasteiger charge is -2.24. The number of nitriles is 1. The summed E-state index contributed by atoms with van der Waals surface area (Å²) in [5, 5.41) is 17.1. The summed E-state index contributed by atoms with van der Waals surface area (Å²) in [6, 6.07) is 17.9. The summed E-state index contributed by atoms with van der Waals surface area (Å²) < 4.78 is 10.9. The molecule has 0 amide bonds. The summed E-state index contributed by atoms with van der Waals surface area (Å²) in [5.41, 5.74) is 11.0. The highest BCUT2D eigenvalue weighted by atomic mass is 16.5. The highest BCUT2D eigenvalue weighted by Gasteiger charge is 2.35. The number of aromatic amines is 1. The Labute approximate surface area is 156 Å². The minimum Gasteiger partial charge on any atom is -0.497 e. The molecule has 1 aromatic heterocycles. The topological polar surface area (TPSA) is 96.9 Å². The van der Waals surface area contributed by atoms with Crippen LogP contribution in [0.3, 0.4) is 0 Å². The monoisotopic (exact) mass is 358 g/mol. The second kappa shape index (κ2) is 6.54. The lowest BCUT2D eigenvalue weighted by molar-refractivity contribution is 0.379. The second-order valence-electron chi connectivity index (χ2n) is 6.38. The number of nitrogens with zero attached hydrogens (tertiary/aromatic N) is 2. The third-order valence-corrected chi connectivity index (χ3v) is 4.73. The van der Waals surface area contributed by atoms with E-state index in [4.69, 9.17) is 15.2 Å². The lowest BCUT2D eigenvalue weighted by Crippen LogP contribution is -2.20. The van der Waals surface area contributed by atoms with E-state index >= 15 is 0 Å². The molecular weight excluding hydrogens is 340 g/mol. The van der Waals surface area contributed by atoms with Crippen molar-refractivity contribution in [2.75, 3.05) is 7.11 Å². The molecule has 1 aliphatic rings. The predicted molar refractivity (Wildman–Crippen MR) is 101 cm³/mol. The van der Waals surface area contributed by atoms with Gasteiger partial charge in [0.15, 0.2) is 0 Å². The van der Waals surface area contributed by atoms with Gasteiger partial charge in [0.1, 0.15) is 17.4 Å². The van der Waals surface area contributed by atoms with E-state index in [0.29, 0.717) is 11.5 Å². The van der Waals surface area contributed by atoms with E-state index in [2.05, 4.69) is 16.3 Å². The summed E-state index contributed by atoms with van der Waals surface area (Å²) in [6.45, 7) is 2.03. The van der Waals surface area contributed by atoms with E-state index in [-0.39, 0.29) is 11.8 Å². The molecule has 0 radical (unpaired) electrons. The Morgan fingerprint density at radius 2 is 1.85 bits per heavy atom. The number of fused-ring (bicyclic) bond motifs is 1. The average molecular weight is 358 g/mol. The van der Waals surface area contributed by atoms with Gasteiger partial charge in [-0.2, -0.15) is 5.26 Å². The van der Waals surface area contributed by atoms with E-state index < -0.39 is 0 Å². The largest absolute Gasteiger partial charge is 0.497 e. The van der Waals surface area contributed by atoms with Crippen LogP contribution in [-0.2, 0) is 0 Å². The molecule has 27 heavy (non-hydrogen) atoms. The van der Waals surface area contributed by atoms with E-state index in [1.54, 1.807) is 7.11 Å².